The lowest BCUT2D eigenvalue weighted by Crippen LogP contribution is -2.32. The molecule has 0 spiro atoms. The molecule has 4 rings (SSSR count). The molecule has 0 aliphatic heterocycles. The number of nitrogens with zero attached hydrogens (tertiary/aromatic N) is 1. The molecule has 0 atom stereocenters. The van der Waals surface area contributed by atoms with Gasteiger partial charge in [-0.25, -0.2) is 4.98 Å². The van der Waals surface area contributed by atoms with Gasteiger partial charge in [-0.05, 0) is 41.2 Å². The molecule has 0 aliphatic carbocycles. The van der Waals surface area contributed by atoms with Crippen molar-refractivity contribution in [3.8, 4) is 11.3 Å². The maximum Gasteiger partial charge on any atom is 0.250 e. The van der Waals surface area contributed by atoms with E-state index in [1.165, 1.54) is 17.4 Å². The molecule has 0 aliphatic rings. The average molecular weight is 406 g/mol. The van der Waals surface area contributed by atoms with Gasteiger partial charge in [0.05, 0.1) is 12.0 Å². The van der Waals surface area contributed by atoms with Crippen LogP contribution in [-0.4, -0.2) is 16.0 Å². The second-order valence-corrected chi connectivity index (χ2v) is 7.12. The van der Waals surface area contributed by atoms with E-state index in [0.717, 1.165) is 22.0 Å². The van der Waals surface area contributed by atoms with E-state index in [2.05, 4.69) is 33.8 Å². The molecule has 0 fully saturated rings. The molecule has 0 unspecified atom stereocenters. The maximum atomic E-state index is 11.9. The van der Waals surface area contributed by atoms with Crippen molar-refractivity contribution < 1.29 is 9.21 Å². The Morgan fingerprint density at radius 2 is 1.96 bits per heavy atom. The van der Waals surface area contributed by atoms with Gasteiger partial charge in [-0.2, -0.15) is 0 Å². The smallest absolute Gasteiger partial charge is 0.250 e. The van der Waals surface area contributed by atoms with E-state index in [1.807, 2.05) is 29.6 Å². The second-order valence-electron chi connectivity index (χ2n) is 5.86. The molecule has 0 saturated carbocycles. The van der Waals surface area contributed by atoms with Crippen LogP contribution >= 0.6 is 23.6 Å². The Morgan fingerprint density at radius 1 is 1.11 bits per heavy atom. The van der Waals surface area contributed by atoms with Crippen molar-refractivity contribution >= 4 is 56.6 Å². The summed E-state index contributed by atoms with van der Waals surface area (Å²) < 4.78 is 5.14. The summed E-state index contributed by atoms with van der Waals surface area (Å²) in [4.78, 5) is 16.5. The summed E-state index contributed by atoms with van der Waals surface area (Å²) >= 11 is 6.62. The number of carbonyl (C=O) groups excluding carboxylic acids is 1. The van der Waals surface area contributed by atoms with Crippen molar-refractivity contribution in [2.45, 2.75) is 0 Å². The molecule has 138 valence electrons. The van der Waals surface area contributed by atoms with Gasteiger partial charge in [0.15, 0.2) is 10.2 Å². The fraction of sp³-hybridized carbons (Fsp3) is 0. The number of fused-ring (bicyclic) bond motifs is 1. The number of furan rings is 1. The van der Waals surface area contributed by atoms with Crippen LogP contribution in [0.25, 0.3) is 28.1 Å². The lowest BCUT2D eigenvalue weighted by molar-refractivity contribution is -0.115. The van der Waals surface area contributed by atoms with Gasteiger partial charge < -0.3 is 9.73 Å². The first kappa shape index (κ1) is 18.1. The Kier molecular flexibility index (Phi) is 5.27. The van der Waals surface area contributed by atoms with Crippen molar-refractivity contribution in [3.05, 3.63) is 78.1 Å². The van der Waals surface area contributed by atoms with Crippen LogP contribution in [0.1, 0.15) is 5.76 Å². The summed E-state index contributed by atoms with van der Waals surface area (Å²) in [7, 11) is 0. The molecule has 2 N–H and O–H groups in total. The van der Waals surface area contributed by atoms with Gasteiger partial charge in [0, 0.05) is 17.0 Å². The highest BCUT2D eigenvalue weighted by atomic mass is 32.1. The van der Waals surface area contributed by atoms with Gasteiger partial charge in [0.1, 0.15) is 5.76 Å². The summed E-state index contributed by atoms with van der Waals surface area (Å²) in [5, 5.41) is 10.6. The molecule has 0 radical (unpaired) electrons. The largest absolute Gasteiger partial charge is 0.465 e. The number of rotatable bonds is 4. The van der Waals surface area contributed by atoms with Crippen LogP contribution in [0.15, 0.2) is 76.7 Å². The Bertz CT molecular complexity index is 1160. The SMILES string of the molecule is O=C(/C=C/c1ccco1)NC(=S)Nc1nc(-c2cccc3ccccc23)cs1. The van der Waals surface area contributed by atoms with E-state index in [0.29, 0.717) is 10.9 Å². The van der Waals surface area contributed by atoms with Gasteiger partial charge in [-0.3, -0.25) is 10.1 Å². The normalized spacial score (nSPS) is 11.0. The molecule has 5 nitrogen and oxygen atoms in total. The number of carbonyl (C=O) groups is 1. The number of thiocarbonyl (C=S) groups is 1. The van der Waals surface area contributed by atoms with Crippen molar-refractivity contribution in [2.24, 2.45) is 0 Å². The van der Waals surface area contributed by atoms with Crippen LogP contribution in [0.5, 0.6) is 0 Å². The van der Waals surface area contributed by atoms with Crippen molar-refractivity contribution in [1.29, 1.82) is 0 Å². The number of hydrogen-bond acceptors (Lipinski definition) is 5. The molecule has 2 aromatic heterocycles. The monoisotopic (exact) mass is 405 g/mol. The number of thiazole rings is 1. The van der Waals surface area contributed by atoms with Crippen LogP contribution in [0.2, 0.25) is 0 Å². The molecule has 7 heteroatoms. The lowest BCUT2D eigenvalue weighted by atomic mass is 10.0. The Morgan fingerprint density at radius 3 is 2.82 bits per heavy atom. The quantitative estimate of drug-likeness (QED) is 0.366. The van der Waals surface area contributed by atoms with E-state index in [-0.39, 0.29) is 11.0 Å². The second kappa shape index (κ2) is 8.16. The molecule has 2 heterocycles. The van der Waals surface area contributed by atoms with E-state index in [9.17, 15) is 4.79 Å². The van der Waals surface area contributed by atoms with Crippen molar-refractivity contribution in [2.75, 3.05) is 5.32 Å². The highest BCUT2D eigenvalue weighted by Gasteiger charge is 2.09. The zero-order valence-electron chi connectivity index (χ0n) is 14.6. The minimum atomic E-state index is -0.347. The first-order chi connectivity index (χ1) is 13.7. The lowest BCUT2D eigenvalue weighted by Gasteiger charge is -2.05. The minimum absolute atomic E-state index is 0.188. The number of aromatic nitrogens is 1. The van der Waals surface area contributed by atoms with E-state index in [4.69, 9.17) is 16.6 Å². The van der Waals surface area contributed by atoms with Gasteiger partial charge in [0.25, 0.3) is 0 Å². The Labute approximate surface area is 170 Å². The Balaban J connectivity index is 1.43. The predicted molar refractivity (Wildman–Crippen MR) is 117 cm³/mol. The number of nitrogens with one attached hydrogen (secondary N) is 2. The molecule has 4 aromatic rings. The van der Waals surface area contributed by atoms with E-state index in [1.54, 1.807) is 24.5 Å². The fourth-order valence-electron chi connectivity index (χ4n) is 2.73. The number of benzene rings is 2. The zero-order valence-corrected chi connectivity index (χ0v) is 16.2. The summed E-state index contributed by atoms with van der Waals surface area (Å²) in [6.45, 7) is 0. The minimum Gasteiger partial charge on any atom is -0.465 e. The summed E-state index contributed by atoms with van der Waals surface area (Å²) in [5.41, 5.74) is 1.91. The molecule has 0 saturated heterocycles. The number of hydrogen-bond donors (Lipinski definition) is 2. The third-order valence-corrected chi connectivity index (χ3v) is 4.93. The standard InChI is InChI=1S/C21H15N3O2S2/c25-19(11-10-15-7-4-12-26-15)23-20(27)24-21-22-18(13-28-21)17-9-3-6-14-5-1-2-8-16(14)17/h1-13H,(H2,22,23,24,25,27)/b11-10+. The number of amides is 1. The van der Waals surface area contributed by atoms with Crippen molar-refractivity contribution in [3.63, 3.8) is 0 Å². The number of anilines is 1. The third kappa shape index (κ3) is 4.16. The molecule has 28 heavy (non-hydrogen) atoms. The average Bonchev–Trinajstić information content (AvgIpc) is 3.38. The van der Waals surface area contributed by atoms with Crippen LogP contribution in [-0.2, 0) is 4.79 Å². The molecule has 2 aromatic carbocycles. The summed E-state index contributed by atoms with van der Waals surface area (Å²) in [6.07, 6.45) is 4.47. The van der Waals surface area contributed by atoms with Gasteiger partial charge in [0.2, 0.25) is 5.91 Å². The van der Waals surface area contributed by atoms with Gasteiger partial charge in [-0.15, -0.1) is 11.3 Å². The molecular weight excluding hydrogens is 390 g/mol. The van der Waals surface area contributed by atoms with Crippen LogP contribution in [0.3, 0.4) is 0 Å². The molecule has 0 bridgehead atoms. The summed E-state index contributed by atoms with van der Waals surface area (Å²) in [5.74, 6) is 0.244. The Hall–Kier alpha value is -3.29. The van der Waals surface area contributed by atoms with E-state index >= 15 is 0 Å². The molecule has 1 amide bonds. The fourth-order valence-corrected chi connectivity index (χ4v) is 3.71. The highest BCUT2D eigenvalue weighted by Crippen LogP contribution is 2.30. The zero-order chi connectivity index (χ0) is 19.3. The summed E-state index contributed by atoms with van der Waals surface area (Å²) in [6, 6.07) is 17.8. The van der Waals surface area contributed by atoms with Crippen LogP contribution in [0.4, 0.5) is 5.13 Å². The first-order valence-electron chi connectivity index (χ1n) is 8.46. The van der Waals surface area contributed by atoms with Crippen LogP contribution in [0, 0.1) is 0 Å². The third-order valence-electron chi connectivity index (χ3n) is 3.97. The topological polar surface area (TPSA) is 67.2 Å². The first-order valence-corrected chi connectivity index (χ1v) is 9.75. The van der Waals surface area contributed by atoms with Crippen LogP contribution < -0.4 is 10.6 Å². The highest BCUT2D eigenvalue weighted by molar-refractivity contribution is 7.80. The van der Waals surface area contributed by atoms with Gasteiger partial charge >= 0.3 is 0 Å². The molecular formula is C21H15N3O2S2. The van der Waals surface area contributed by atoms with E-state index < -0.39 is 0 Å². The maximum absolute atomic E-state index is 11.9. The van der Waals surface area contributed by atoms with Gasteiger partial charge in [-0.1, -0.05) is 42.5 Å². The van der Waals surface area contributed by atoms with Crippen molar-refractivity contribution in [1.82, 2.24) is 10.3 Å². The predicted octanol–water partition coefficient (Wildman–Crippen LogP) is 5.08.